The summed E-state index contributed by atoms with van der Waals surface area (Å²) < 4.78 is 29.7. The van der Waals surface area contributed by atoms with Crippen molar-refractivity contribution >= 4 is 48.3 Å². The Bertz CT molecular complexity index is 2840. The van der Waals surface area contributed by atoms with E-state index >= 15 is 0 Å². The Hall–Kier alpha value is -3.81. The van der Waals surface area contributed by atoms with E-state index in [1.165, 1.54) is 50.8 Å². The van der Waals surface area contributed by atoms with E-state index in [2.05, 4.69) is 182 Å². The average Bonchev–Trinajstić information content (AvgIpc) is 3.71. The number of hydrogen-bond donors (Lipinski definition) is 0. The zero-order valence-electron chi connectivity index (χ0n) is 40.5. The molecule has 0 N–H and O–H groups in total. The van der Waals surface area contributed by atoms with Crippen molar-refractivity contribution in [2.24, 2.45) is 0 Å². The maximum absolute atomic E-state index is 8.88. The Morgan fingerprint density at radius 1 is 0.484 bits per heavy atom. The molecule has 0 aliphatic carbocycles. The molecular weight excluding hydrogens is 1070 g/mol. The monoisotopic (exact) mass is 1130 g/mol. The smallest absolute Gasteiger partial charge is 2.00 e. The summed E-state index contributed by atoms with van der Waals surface area (Å²) in [5.74, 6) is 1.14. The van der Waals surface area contributed by atoms with E-state index in [1.807, 2.05) is 12.1 Å². The Morgan fingerprint density at radius 2 is 0.823 bits per heavy atom. The van der Waals surface area contributed by atoms with Crippen molar-refractivity contribution in [1.82, 2.24) is 9.97 Å². The molecule has 0 atom stereocenters. The molecule has 8 aromatic rings. The summed E-state index contributed by atoms with van der Waals surface area (Å²) in [5, 5.41) is 2.20. The molecule has 62 heavy (non-hydrogen) atoms. The second-order valence-corrected chi connectivity index (χ2v) is 24.9. The predicted molar refractivity (Wildman–Crippen MR) is 261 cm³/mol. The number of hydrogen-bond acceptors (Lipinski definition) is 3. The van der Waals surface area contributed by atoms with Crippen LogP contribution >= 0.6 is 0 Å². The van der Waals surface area contributed by atoms with Crippen molar-refractivity contribution in [2.75, 3.05) is 0 Å². The Labute approximate surface area is 399 Å². The molecule has 8 rings (SSSR count). The topological polar surface area (TPSA) is 35.0 Å². The first-order valence-electron chi connectivity index (χ1n) is 22.2. The van der Waals surface area contributed by atoms with Crippen molar-refractivity contribution < 1.29 is 28.5 Å². The second-order valence-electron chi connectivity index (χ2n) is 20.6. The first-order valence-corrected chi connectivity index (χ1v) is 24.7. The summed E-state index contributed by atoms with van der Waals surface area (Å²) in [4.78, 5) is 9.84. The molecule has 0 saturated carbocycles. The Balaban J connectivity index is 0.00000612. The first kappa shape index (κ1) is 43.4. The van der Waals surface area contributed by atoms with Gasteiger partial charge in [0, 0.05) is 0 Å². The molecule has 0 fully saturated rings. The van der Waals surface area contributed by atoms with Crippen LogP contribution in [0.15, 0.2) is 97.3 Å². The quantitative estimate of drug-likeness (QED) is 0.123. The van der Waals surface area contributed by atoms with Gasteiger partial charge in [0.25, 0.3) is 0 Å². The largest absolute Gasteiger partial charge is 2.00 e. The van der Waals surface area contributed by atoms with Crippen LogP contribution in [0.2, 0.25) is 0 Å². The summed E-state index contributed by atoms with van der Waals surface area (Å²) in [5.41, 5.74) is 12.7. The van der Waals surface area contributed by atoms with Crippen LogP contribution in [0.3, 0.4) is 0 Å². The van der Waals surface area contributed by atoms with Gasteiger partial charge in [-0.05, 0) is 0 Å². The molecule has 0 amide bonds. The molecule has 0 aliphatic rings. The fourth-order valence-corrected chi connectivity index (χ4v) is 13.2. The Morgan fingerprint density at radius 3 is 1.15 bits per heavy atom. The third-order valence-electron chi connectivity index (χ3n) is 11.8. The minimum Gasteiger partial charge on any atom is 2.00 e. The molecule has 3 nitrogen and oxygen atoms in total. The normalized spacial score (nSPS) is 13.0. The van der Waals surface area contributed by atoms with Gasteiger partial charge >= 0.3 is 402 Å². The summed E-state index contributed by atoms with van der Waals surface area (Å²) in [6, 6.07) is 37.7. The fourth-order valence-electron chi connectivity index (χ4n) is 7.77. The van der Waals surface area contributed by atoms with E-state index in [1.54, 1.807) is 0 Å². The molecule has 0 aliphatic heterocycles. The first-order chi connectivity index (χ1) is 29.3. The molecular formula is C56H58N2OPtSe2. The van der Waals surface area contributed by atoms with Gasteiger partial charge < -0.3 is 0 Å². The standard InChI is InChI=1S/C56H58N2OSe2.Pt/c1-33-45-23-25-57-47(51(45)60-49(33)35-15-19-39(20-16-35)53(3,4)5)37-27-41(55(9,10)11)31-43(29-37)59-44-30-38(28-42(32-44)56(12,13)14)48-52-46(24-26-58-48)34(2)50(61-52)36-17-21-40(22-18-36)54(6,7)8;/h15-28,31-32H,1-14H3;/q-2;+2/i25D,26D;. The van der Waals surface area contributed by atoms with Crippen molar-refractivity contribution in [2.45, 2.75) is 119 Å². The predicted octanol–water partition coefficient (Wildman–Crippen LogP) is 14.8. The molecule has 320 valence electrons. The van der Waals surface area contributed by atoms with Gasteiger partial charge in [-0.15, -0.1) is 0 Å². The van der Waals surface area contributed by atoms with Crippen LogP contribution in [-0.2, 0) is 42.7 Å². The van der Waals surface area contributed by atoms with Crippen LogP contribution in [0.5, 0.6) is 11.5 Å². The van der Waals surface area contributed by atoms with Crippen LogP contribution in [0, 0.1) is 26.0 Å². The summed E-state index contributed by atoms with van der Waals surface area (Å²) >= 11 is -0.0573. The van der Waals surface area contributed by atoms with Gasteiger partial charge in [0.15, 0.2) is 0 Å². The molecule has 0 saturated heterocycles. The van der Waals surface area contributed by atoms with Crippen molar-refractivity contribution in [3.63, 3.8) is 0 Å². The number of aromatic nitrogens is 2. The minimum absolute atomic E-state index is 0. The van der Waals surface area contributed by atoms with Crippen LogP contribution in [0.25, 0.3) is 61.8 Å². The second kappa shape index (κ2) is 17.0. The number of ether oxygens (including phenoxy) is 1. The maximum Gasteiger partial charge on any atom is 2.00 e. The Kier molecular flexibility index (Phi) is 11.9. The number of pyridine rings is 2. The van der Waals surface area contributed by atoms with Gasteiger partial charge in [0.1, 0.15) is 0 Å². The van der Waals surface area contributed by atoms with E-state index in [9.17, 15) is 0 Å². The van der Waals surface area contributed by atoms with Gasteiger partial charge in [-0.2, -0.15) is 0 Å². The third kappa shape index (κ3) is 9.23. The summed E-state index contributed by atoms with van der Waals surface area (Å²) in [6.45, 7) is 31.1. The minimum atomic E-state index is -0.206. The molecule has 4 aromatic carbocycles. The molecule has 4 heterocycles. The zero-order valence-corrected chi connectivity index (χ0v) is 44.2. The van der Waals surface area contributed by atoms with Crippen LogP contribution in [0.1, 0.15) is 119 Å². The summed E-state index contributed by atoms with van der Waals surface area (Å²) in [6.07, 6.45) is 0.480. The SMILES string of the molecule is [2H]c1cc2c(C)c(-c3ccc(C(C)(C)C)cc3)[se]c2c(-c2[c-]c(Oc3[c-]c(-c4nc([2H])cc5c(C)c(-c6ccc(C(C)(C)C)cc6)[se]c45)cc(C(C)(C)C)c3)cc(C(C)(C)C)c2)n1.[Pt+2]. The van der Waals surface area contributed by atoms with E-state index < -0.39 is 0 Å². The van der Waals surface area contributed by atoms with Crippen LogP contribution < -0.4 is 4.74 Å². The van der Waals surface area contributed by atoms with E-state index in [-0.39, 0.29) is 84.1 Å². The van der Waals surface area contributed by atoms with Crippen molar-refractivity contribution in [3.8, 4) is 54.0 Å². The maximum atomic E-state index is 8.88. The van der Waals surface area contributed by atoms with Crippen LogP contribution in [-0.4, -0.2) is 39.0 Å². The fraction of sp³-hybridized carbons (Fsp3) is 0.321. The van der Waals surface area contributed by atoms with E-state index in [0.29, 0.717) is 11.5 Å². The van der Waals surface area contributed by atoms with E-state index in [4.69, 9.17) is 17.4 Å². The molecule has 0 radical (unpaired) electrons. The van der Waals surface area contributed by atoms with Gasteiger partial charge in [-0.25, -0.2) is 0 Å². The van der Waals surface area contributed by atoms with Gasteiger partial charge in [0.05, 0.1) is 0 Å². The van der Waals surface area contributed by atoms with Crippen molar-refractivity contribution in [3.05, 3.63) is 143 Å². The molecule has 0 bridgehead atoms. The molecule has 0 spiro atoms. The van der Waals surface area contributed by atoms with E-state index in [0.717, 1.165) is 44.4 Å². The number of nitrogens with zero attached hydrogens (tertiary/aromatic N) is 2. The average molecular weight is 1130 g/mol. The summed E-state index contributed by atoms with van der Waals surface area (Å²) in [7, 11) is 0. The molecule has 4 aromatic heterocycles. The number of fused-ring (bicyclic) bond motifs is 2. The number of aryl methyl sites for hydroxylation is 2. The number of benzene rings is 4. The van der Waals surface area contributed by atoms with Gasteiger partial charge in [-0.1, -0.05) is 0 Å². The third-order valence-corrected chi connectivity index (χ3v) is 17.5. The number of rotatable bonds is 6. The van der Waals surface area contributed by atoms with Crippen LogP contribution in [0.4, 0.5) is 0 Å². The zero-order chi connectivity index (χ0) is 45.6. The molecule has 6 heteroatoms. The van der Waals surface area contributed by atoms with Gasteiger partial charge in [-0.3, -0.25) is 0 Å². The van der Waals surface area contributed by atoms with Crippen molar-refractivity contribution in [1.29, 1.82) is 0 Å². The molecule has 0 unspecified atom stereocenters. The van der Waals surface area contributed by atoms with Gasteiger partial charge in [0.2, 0.25) is 0 Å².